The SMILES string of the molecule is C=C(C)N1CCN(c2nc(N3CCN(S(C)=O)CC3)c(C#N)c3c2CCN(c2cccc4ccccc24)C3)CC1. The first kappa shape index (κ1) is 26.6. The molecule has 9 heteroatoms. The number of fused-ring (bicyclic) bond motifs is 2. The summed E-state index contributed by atoms with van der Waals surface area (Å²) in [6.07, 6.45) is 2.58. The molecule has 40 heavy (non-hydrogen) atoms. The van der Waals surface area contributed by atoms with Crippen LogP contribution in [0.1, 0.15) is 23.6 Å². The Labute approximate surface area is 239 Å². The molecule has 4 heterocycles. The first-order valence-electron chi connectivity index (χ1n) is 14.1. The molecule has 6 rings (SSSR count). The van der Waals surface area contributed by atoms with Gasteiger partial charge < -0.3 is 19.6 Å². The lowest BCUT2D eigenvalue weighted by Gasteiger charge is -2.41. The summed E-state index contributed by atoms with van der Waals surface area (Å²) in [5.41, 5.74) is 5.32. The topological polar surface area (TPSA) is 70.0 Å². The van der Waals surface area contributed by atoms with Gasteiger partial charge in [-0.3, -0.25) is 0 Å². The normalized spacial score (nSPS) is 18.9. The number of benzene rings is 2. The Morgan fingerprint density at radius 1 is 0.875 bits per heavy atom. The van der Waals surface area contributed by atoms with Gasteiger partial charge in [0.25, 0.3) is 0 Å². The molecule has 2 fully saturated rings. The molecule has 0 aliphatic carbocycles. The first-order chi connectivity index (χ1) is 19.4. The van der Waals surface area contributed by atoms with Crippen LogP contribution in [0.25, 0.3) is 10.8 Å². The number of nitrogens with zero attached hydrogens (tertiary/aromatic N) is 7. The van der Waals surface area contributed by atoms with Crippen LogP contribution in [-0.2, 0) is 24.0 Å². The van der Waals surface area contributed by atoms with Gasteiger partial charge in [-0.15, -0.1) is 0 Å². The second-order valence-electron chi connectivity index (χ2n) is 10.9. The molecule has 2 aromatic carbocycles. The van der Waals surface area contributed by atoms with Crippen molar-refractivity contribution < 1.29 is 4.21 Å². The Balaban J connectivity index is 1.41. The van der Waals surface area contributed by atoms with Crippen LogP contribution in [0.5, 0.6) is 0 Å². The molecule has 0 spiro atoms. The van der Waals surface area contributed by atoms with Crippen LogP contribution < -0.4 is 14.7 Å². The van der Waals surface area contributed by atoms with Crippen molar-refractivity contribution >= 4 is 39.1 Å². The highest BCUT2D eigenvalue weighted by Gasteiger charge is 2.32. The molecule has 208 valence electrons. The van der Waals surface area contributed by atoms with Crippen LogP contribution in [0.15, 0.2) is 54.7 Å². The molecule has 1 aromatic heterocycles. The lowest BCUT2D eigenvalue weighted by Crippen LogP contribution is -2.48. The zero-order valence-electron chi connectivity index (χ0n) is 23.5. The van der Waals surface area contributed by atoms with Crippen LogP contribution in [-0.4, -0.2) is 83.6 Å². The maximum Gasteiger partial charge on any atom is 0.149 e. The molecule has 3 aliphatic heterocycles. The Morgan fingerprint density at radius 2 is 1.55 bits per heavy atom. The number of aromatic nitrogens is 1. The third-order valence-corrected chi connectivity index (χ3v) is 9.68. The maximum atomic E-state index is 12.1. The van der Waals surface area contributed by atoms with E-state index in [-0.39, 0.29) is 0 Å². The van der Waals surface area contributed by atoms with E-state index < -0.39 is 11.0 Å². The maximum absolute atomic E-state index is 12.1. The van der Waals surface area contributed by atoms with Gasteiger partial charge in [0.05, 0.1) is 16.5 Å². The molecule has 0 radical (unpaired) electrons. The van der Waals surface area contributed by atoms with Crippen LogP contribution in [0.2, 0.25) is 0 Å². The van der Waals surface area contributed by atoms with Crippen molar-refractivity contribution in [3.05, 3.63) is 71.4 Å². The van der Waals surface area contributed by atoms with E-state index in [1.165, 1.54) is 22.0 Å². The summed E-state index contributed by atoms with van der Waals surface area (Å²) >= 11 is 0. The molecule has 1 unspecified atom stereocenters. The number of hydrogen-bond donors (Lipinski definition) is 0. The lowest BCUT2D eigenvalue weighted by atomic mass is 9.94. The van der Waals surface area contributed by atoms with E-state index in [1.54, 1.807) is 6.26 Å². The fourth-order valence-electron chi connectivity index (χ4n) is 6.35. The third-order valence-electron chi connectivity index (χ3n) is 8.59. The molecular weight excluding hydrogens is 518 g/mol. The summed E-state index contributed by atoms with van der Waals surface area (Å²) < 4.78 is 14.1. The largest absolute Gasteiger partial charge is 0.372 e. The van der Waals surface area contributed by atoms with Crippen molar-refractivity contribution in [3.8, 4) is 6.07 Å². The highest BCUT2D eigenvalue weighted by molar-refractivity contribution is 7.81. The van der Waals surface area contributed by atoms with Crippen LogP contribution in [0.3, 0.4) is 0 Å². The van der Waals surface area contributed by atoms with E-state index in [2.05, 4.69) is 81.6 Å². The standard InChI is InChI=1S/C31H37N7OS/c1-23(2)34-13-15-35(16-14-34)30-26-11-12-37(29-10-6-8-24-7-4-5-9-25(24)29)22-28(26)27(21-32)31(33-30)36-17-19-38(20-18-36)40(3)39/h4-10H,1,11-20,22H2,2-3H3. The molecular formula is C31H37N7OS. The van der Waals surface area contributed by atoms with Gasteiger partial charge in [-0.25, -0.2) is 13.5 Å². The predicted molar refractivity (Wildman–Crippen MR) is 164 cm³/mol. The highest BCUT2D eigenvalue weighted by atomic mass is 32.2. The van der Waals surface area contributed by atoms with E-state index in [0.717, 1.165) is 62.0 Å². The van der Waals surface area contributed by atoms with Gasteiger partial charge in [0.15, 0.2) is 0 Å². The smallest absolute Gasteiger partial charge is 0.149 e. The Hall–Kier alpha value is -3.61. The summed E-state index contributed by atoms with van der Waals surface area (Å²) in [6, 6.07) is 17.6. The molecule has 0 N–H and O–H groups in total. The fraction of sp³-hybridized carbons (Fsp3) is 0.419. The number of anilines is 3. The number of pyridine rings is 1. The molecule has 3 aliphatic rings. The molecule has 1 atom stereocenters. The average molecular weight is 556 g/mol. The lowest BCUT2D eigenvalue weighted by molar-refractivity contribution is 0.322. The molecule has 2 saturated heterocycles. The minimum absolute atomic E-state index is 0.680. The second-order valence-corrected chi connectivity index (χ2v) is 12.3. The van der Waals surface area contributed by atoms with Crippen molar-refractivity contribution in [1.82, 2.24) is 14.2 Å². The Kier molecular flexibility index (Phi) is 7.39. The molecule has 3 aromatic rings. The van der Waals surface area contributed by atoms with Crippen molar-refractivity contribution in [3.63, 3.8) is 0 Å². The van der Waals surface area contributed by atoms with Crippen molar-refractivity contribution in [2.45, 2.75) is 19.9 Å². The number of piperazine rings is 2. The van der Waals surface area contributed by atoms with Crippen LogP contribution in [0.4, 0.5) is 17.3 Å². The summed E-state index contributed by atoms with van der Waals surface area (Å²) in [5, 5.41) is 13.0. The average Bonchev–Trinajstić information content (AvgIpc) is 2.99. The summed E-state index contributed by atoms with van der Waals surface area (Å²) in [7, 11) is -0.991. The summed E-state index contributed by atoms with van der Waals surface area (Å²) in [5.74, 6) is 1.81. The number of allylic oxidation sites excluding steroid dienone is 1. The van der Waals surface area contributed by atoms with Gasteiger partial charge in [-0.1, -0.05) is 43.0 Å². The summed E-state index contributed by atoms with van der Waals surface area (Å²) in [4.78, 5) is 14.7. The van der Waals surface area contributed by atoms with E-state index in [4.69, 9.17) is 4.98 Å². The van der Waals surface area contributed by atoms with Crippen LogP contribution >= 0.6 is 0 Å². The fourth-order valence-corrected chi connectivity index (χ4v) is 7.03. The van der Waals surface area contributed by atoms with Gasteiger partial charge in [0.2, 0.25) is 0 Å². The van der Waals surface area contributed by atoms with Crippen molar-refractivity contribution in [2.24, 2.45) is 0 Å². The van der Waals surface area contributed by atoms with Gasteiger partial charge in [0.1, 0.15) is 17.7 Å². The highest BCUT2D eigenvalue weighted by Crippen LogP contribution is 2.38. The van der Waals surface area contributed by atoms with Gasteiger partial charge in [-0.2, -0.15) is 5.26 Å². The minimum atomic E-state index is -0.991. The van der Waals surface area contributed by atoms with Crippen molar-refractivity contribution in [1.29, 1.82) is 5.26 Å². The minimum Gasteiger partial charge on any atom is -0.372 e. The van der Waals surface area contributed by atoms with Crippen LogP contribution in [0, 0.1) is 11.3 Å². The zero-order chi connectivity index (χ0) is 27.8. The number of hydrogen-bond acceptors (Lipinski definition) is 7. The van der Waals surface area contributed by atoms with E-state index in [0.29, 0.717) is 38.3 Å². The van der Waals surface area contributed by atoms with E-state index >= 15 is 0 Å². The first-order valence-corrected chi connectivity index (χ1v) is 15.6. The summed E-state index contributed by atoms with van der Waals surface area (Å²) in [6.45, 7) is 14.2. The number of rotatable bonds is 5. The monoisotopic (exact) mass is 555 g/mol. The van der Waals surface area contributed by atoms with Gasteiger partial charge in [-0.05, 0) is 30.4 Å². The molecule has 0 bridgehead atoms. The van der Waals surface area contributed by atoms with E-state index in [9.17, 15) is 9.47 Å². The van der Waals surface area contributed by atoms with Gasteiger partial charge in [0, 0.05) is 94.0 Å². The molecule has 0 saturated carbocycles. The number of nitriles is 1. The Morgan fingerprint density at radius 3 is 2.25 bits per heavy atom. The predicted octanol–water partition coefficient (Wildman–Crippen LogP) is 3.74. The third kappa shape index (κ3) is 4.91. The molecule has 0 amide bonds. The second kappa shape index (κ2) is 11.1. The quantitative estimate of drug-likeness (QED) is 0.475. The molecule has 8 nitrogen and oxygen atoms in total. The van der Waals surface area contributed by atoms with Gasteiger partial charge >= 0.3 is 0 Å². The zero-order valence-corrected chi connectivity index (χ0v) is 24.3. The van der Waals surface area contributed by atoms with E-state index in [1.807, 2.05) is 4.31 Å². The van der Waals surface area contributed by atoms with Crippen molar-refractivity contribution in [2.75, 3.05) is 79.9 Å². The Bertz CT molecular complexity index is 1490.